The van der Waals surface area contributed by atoms with Crippen LogP contribution in [0.5, 0.6) is 17.2 Å². The van der Waals surface area contributed by atoms with Crippen molar-refractivity contribution in [2.45, 2.75) is 13.8 Å². The van der Waals surface area contributed by atoms with Crippen molar-refractivity contribution in [1.82, 2.24) is 4.90 Å². The molecule has 0 heterocycles. The molecule has 0 saturated carbocycles. The molecule has 0 spiro atoms. The third-order valence-electron chi connectivity index (χ3n) is 3.91. The Bertz CT molecular complexity index is 813. The zero-order valence-electron chi connectivity index (χ0n) is 16.5. The number of para-hydroxylation sites is 1. The van der Waals surface area contributed by atoms with Crippen LogP contribution in [0.15, 0.2) is 36.4 Å². The van der Waals surface area contributed by atoms with Crippen LogP contribution < -0.4 is 14.2 Å². The average Bonchev–Trinajstić information content (AvgIpc) is 2.67. The second kappa shape index (κ2) is 10.2. The quantitative estimate of drug-likeness (QED) is 0.603. The van der Waals surface area contributed by atoms with Gasteiger partial charge in [0.1, 0.15) is 6.61 Å². The standard InChI is InChI=1S/C21H25ClFNO4/c1-14(2)13-28-20-16(22)11-15(12-19(20)26-4)21(25)24(3)9-10-27-18-8-6-5-7-17(18)23/h5-8,11-12,14H,9-10,13H2,1-4H3. The van der Waals surface area contributed by atoms with E-state index >= 15 is 0 Å². The summed E-state index contributed by atoms with van der Waals surface area (Å²) in [5, 5.41) is 0.305. The molecule has 0 bridgehead atoms. The molecule has 0 aliphatic heterocycles. The van der Waals surface area contributed by atoms with Crippen molar-refractivity contribution in [2.75, 3.05) is 33.9 Å². The average molecular weight is 410 g/mol. The summed E-state index contributed by atoms with van der Waals surface area (Å²) in [6.45, 7) is 4.96. The van der Waals surface area contributed by atoms with Gasteiger partial charge in [-0.1, -0.05) is 37.6 Å². The third-order valence-corrected chi connectivity index (χ3v) is 4.19. The van der Waals surface area contributed by atoms with Crippen molar-refractivity contribution in [1.29, 1.82) is 0 Å². The Morgan fingerprint density at radius 1 is 1.18 bits per heavy atom. The normalized spacial score (nSPS) is 10.7. The molecule has 2 rings (SSSR count). The topological polar surface area (TPSA) is 48.0 Å². The highest BCUT2D eigenvalue weighted by molar-refractivity contribution is 6.32. The molecular weight excluding hydrogens is 385 g/mol. The lowest BCUT2D eigenvalue weighted by molar-refractivity contribution is 0.0772. The van der Waals surface area contributed by atoms with Gasteiger partial charge in [0.2, 0.25) is 0 Å². The number of methoxy groups -OCH3 is 1. The van der Waals surface area contributed by atoms with E-state index in [9.17, 15) is 9.18 Å². The summed E-state index contributed by atoms with van der Waals surface area (Å²) in [6, 6.07) is 9.28. The van der Waals surface area contributed by atoms with Crippen LogP contribution in [-0.2, 0) is 0 Å². The van der Waals surface area contributed by atoms with Crippen LogP contribution in [0, 0.1) is 11.7 Å². The van der Waals surface area contributed by atoms with E-state index in [1.54, 1.807) is 31.3 Å². The number of carbonyl (C=O) groups is 1. The Kier molecular flexibility index (Phi) is 7.93. The first kappa shape index (κ1) is 21.8. The molecule has 0 aromatic heterocycles. The fourth-order valence-corrected chi connectivity index (χ4v) is 2.67. The molecule has 28 heavy (non-hydrogen) atoms. The van der Waals surface area contributed by atoms with Gasteiger partial charge in [-0.15, -0.1) is 0 Å². The summed E-state index contributed by atoms with van der Waals surface area (Å²) in [4.78, 5) is 14.2. The fraction of sp³-hybridized carbons (Fsp3) is 0.381. The van der Waals surface area contributed by atoms with Crippen LogP contribution in [-0.4, -0.2) is 44.7 Å². The van der Waals surface area contributed by atoms with E-state index in [-0.39, 0.29) is 24.8 Å². The van der Waals surface area contributed by atoms with Gasteiger partial charge >= 0.3 is 0 Å². The number of halogens is 2. The van der Waals surface area contributed by atoms with Gasteiger partial charge in [0, 0.05) is 12.6 Å². The molecule has 7 heteroatoms. The van der Waals surface area contributed by atoms with E-state index in [0.717, 1.165) is 0 Å². The number of amides is 1. The Balaban J connectivity index is 2.03. The van der Waals surface area contributed by atoms with E-state index in [1.807, 2.05) is 13.8 Å². The van der Waals surface area contributed by atoms with Crippen molar-refractivity contribution in [2.24, 2.45) is 5.92 Å². The first-order valence-corrected chi connectivity index (χ1v) is 9.34. The molecule has 0 N–H and O–H groups in total. The lowest BCUT2D eigenvalue weighted by Crippen LogP contribution is -2.31. The fourth-order valence-electron chi connectivity index (χ4n) is 2.41. The van der Waals surface area contributed by atoms with Crippen molar-refractivity contribution >= 4 is 17.5 Å². The molecule has 0 aliphatic rings. The largest absolute Gasteiger partial charge is 0.493 e. The molecule has 152 valence electrons. The lowest BCUT2D eigenvalue weighted by atomic mass is 10.1. The molecule has 0 fully saturated rings. The van der Waals surface area contributed by atoms with Crippen LogP contribution >= 0.6 is 11.6 Å². The molecule has 0 saturated heterocycles. The number of benzene rings is 2. The third kappa shape index (κ3) is 5.76. The summed E-state index contributed by atoms with van der Waals surface area (Å²) < 4.78 is 30.0. The molecule has 2 aromatic rings. The molecule has 5 nitrogen and oxygen atoms in total. The van der Waals surface area contributed by atoms with E-state index in [2.05, 4.69) is 0 Å². The summed E-state index contributed by atoms with van der Waals surface area (Å²) >= 11 is 6.31. The van der Waals surface area contributed by atoms with E-state index in [1.165, 1.54) is 24.1 Å². The first-order valence-electron chi connectivity index (χ1n) is 8.96. The number of rotatable bonds is 9. The zero-order valence-corrected chi connectivity index (χ0v) is 17.3. The Morgan fingerprint density at radius 3 is 2.54 bits per heavy atom. The summed E-state index contributed by atoms with van der Waals surface area (Å²) in [5.74, 6) is 0.590. The Hall–Kier alpha value is -2.47. The van der Waals surface area contributed by atoms with Crippen molar-refractivity contribution < 1.29 is 23.4 Å². The van der Waals surface area contributed by atoms with Crippen LogP contribution in [0.4, 0.5) is 4.39 Å². The minimum atomic E-state index is -0.440. The minimum absolute atomic E-state index is 0.153. The maximum absolute atomic E-state index is 13.6. The van der Waals surface area contributed by atoms with Crippen LogP contribution in [0.2, 0.25) is 5.02 Å². The van der Waals surface area contributed by atoms with Crippen molar-refractivity contribution in [3.8, 4) is 17.2 Å². The van der Waals surface area contributed by atoms with E-state index < -0.39 is 5.82 Å². The Labute approximate surface area is 170 Å². The van der Waals surface area contributed by atoms with Crippen molar-refractivity contribution in [3.05, 3.63) is 52.8 Å². The van der Waals surface area contributed by atoms with Crippen LogP contribution in [0.25, 0.3) is 0 Å². The van der Waals surface area contributed by atoms with Crippen LogP contribution in [0.1, 0.15) is 24.2 Å². The number of carbonyl (C=O) groups excluding carboxylic acids is 1. The van der Waals surface area contributed by atoms with E-state index in [0.29, 0.717) is 34.6 Å². The molecule has 0 unspecified atom stereocenters. The van der Waals surface area contributed by atoms with Gasteiger partial charge in [-0.2, -0.15) is 0 Å². The van der Waals surface area contributed by atoms with Crippen molar-refractivity contribution in [3.63, 3.8) is 0 Å². The highest BCUT2D eigenvalue weighted by Gasteiger charge is 2.19. The second-order valence-corrected chi connectivity index (χ2v) is 7.11. The molecule has 0 atom stereocenters. The van der Waals surface area contributed by atoms with Gasteiger partial charge in [-0.25, -0.2) is 4.39 Å². The van der Waals surface area contributed by atoms with Gasteiger partial charge in [0.05, 0.1) is 25.3 Å². The van der Waals surface area contributed by atoms with Gasteiger partial charge in [-0.05, 0) is 30.2 Å². The number of nitrogens with zero attached hydrogens (tertiary/aromatic N) is 1. The van der Waals surface area contributed by atoms with Gasteiger partial charge < -0.3 is 19.1 Å². The number of likely N-dealkylation sites (N-methyl/N-ethyl adjacent to an activating group) is 1. The molecule has 0 radical (unpaired) electrons. The number of ether oxygens (including phenoxy) is 3. The summed E-state index contributed by atoms with van der Waals surface area (Å²) in [5.41, 5.74) is 0.368. The maximum Gasteiger partial charge on any atom is 0.253 e. The van der Waals surface area contributed by atoms with E-state index in [4.69, 9.17) is 25.8 Å². The van der Waals surface area contributed by atoms with Crippen LogP contribution in [0.3, 0.4) is 0 Å². The SMILES string of the molecule is COc1cc(C(=O)N(C)CCOc2ccccc2F)cc(Cl)c1OCC(C)C. The smallest absolute Gasteiger partial charge is 0.253 e. The monoisotopic (exact) mass is 409 g/mol. The molecule has 0 aliphatic carbocycles. The Morgan fingerprint density at radius 2 is 1.89 bits per heavy atom. The summed E-state index contributed by atoms with van der Waals surface area (Å²) in [7, 11) is 3.13. The molecular formula is C21H25ClFNO4. The highest BCUT2D eigenvalue weighted by Crippen LogP contribution is 2.37. The van der Waals surface area contributed by atoms with Gasteiger partial charge in [-0.3, -0.25) is 4.79 Å². The predicted octanol–water partition coefficient (Wildman–Crippen LogP) is 4.67. The second-order valence-electron chi connectivity index (χ2n) is 6.70. The lowest BCUT2D eigenvalue weighted by Gasteiger charge is -2.19. The zero-order chi connectivity index (χ0) is 20.7. The minimum Gasteiger partial charge on any atom is -0.493 e. The maximum atomic E-state index is 13.6. The first-order chi connectivity index (χ1) is 13.3. The van der Waals surface area contributed by atoms with Gasteiger partial charge in [0.15, 0.2) is 23.1 Å². The summed E-state index contributed by atoms with van der Waals surface area (Å²) in [6.07, 6.45) is 0. The number of hydrogen-bond donors (Lipinski definition) is 0. The predicted molar refractivity (Wildman–Crippen MR) is 107 cm³/mol. The number of hydrogen-bond acceptors (Lipinski definition) is 4. The molecule has 1 amide bonds. The molecule has 2 aromatic carbocycles. The van der Waals surface area contributed by atoms with Gasteiger partial charge in [0.25, 0.3) is 5.91 Å². The highest BCUT2D eigenvalue weighted by atomic mass is 35.5.